The maximum Gasteiger partial charge on any atom is 0.129 e. The fourth-order valence-electron chi connectivity index (χ4n) is 1.90. The van der Waals surface area contributed by atoms with Crippen LogP contribution in [0.4, 0.5) is 8.78 Å². The summed E-state index contributed by atoms with van der Waals surface area (Å²) in [5, 5.41) is 6.47. The second-order valence-electron chi connectivity index (χ2n) is 4.33. The molecule has 4 heteroatoms. The number of hydrogen-bond acceptors (Lipinski definition) is 2. The summed E-state index contributed by atoms with van der Waals surface area (Å²) in [5.41, 5.74) is 0.176. The van der Waals surface area contributed by atoms with E-state index in [2.05, 4.69) is 10.6 Å². The Kier molecular flexibility index (Phi) is 3.51. The van der Waals surface area contributed by atoms with E-state index in [0.717, 1.165) is 13.1 Å². The quantitative estimate of drug-likeness (QED) is 0.812. The number of benzene rings is 1. The van der Waals surface area contributed by atoms with Gasteiger partial charge in [-0.15, -0.1) is 0 Å². The van der Waals surface area contributed by atoms with Gasteiger partial charge in [-0.1, -0.05) is 6.07 Å². The van der Waals surface area contributed by atoms with Crippen molar-refractivity contribution < 1.29 is 8.78 Å². The van der Waals surface area contributed by atoms with Gasteiger partial charge in [-0.3, -0.25) is 0 Å². The van der Waals surface area contributed by atoms with Crippen molar-refractivity contribution in [1.29, 1.82) is 0 Å². The molecule has 1 atom stereocenters. The van der Waals surface area contributed by atoms with Crippen molar-refractivity contribution in [2.45, 2.75) is 25.4 Å². The minimum atomic E-state index is -0.458. The number of halogens is 2. The van der Waals surface area contributed by atoms with Crippen molar-refractivity contribution in [3.63, 3.8) is 0 Å². The van der Waals surface area contributed by atoms with E-state index in [1.165, 1.54) is 18.2 Å². The third-order valence-corrected chi connectivity index (χ3v) is 2.87. The minimum absolute atomic E-state index is 0.0819. The molecule has 1 unspecified atom stereocenters. The summed E-state index contributed by atoms with van der Waals surface area (Å²) in [5.74, 6) is -0.916. The van der Waals surface area contributed by atoms with Gasteiger partial charge in [-0.2, -0.15) is 0 Å². The normalized spacial score (nSPS) is 18.2. The molecule has 1 aliphatic heterocycles. The lowest BCUT2D eigenvalue weighted by molar-refractivity contribution is 0.331. The summed E-state index contributed by atoms with van der Waals surface area (Å²) in [4.78, 5) is 0. The van der Waals surface area contributed by atoms with E-state index in [0.29, 0.717) is 12.5 Å². The Morgan fingerprint density at radius 1 is 1.38 bits per heavy atom. The first-order valence-electron chi connectivity index (χ1n) is 5.56. The molecular formula is C12H16F2N2. The molecule has 88 valence electrons. The van der Waals surface area contributed by atoms with Crippen LogP contribution in [0.5, 0.6) is 0 Å². The molecule has 2 nitrogen and oxygen atoms in total. The van der Waals surface area contributed by atoms with Gasteiger partial charge >= 0.3 is 0 Å². The van der Waals surface area contributed by atoms with Crippen molar-refractivity contribution >= 4 is 0 Å². The zero-order chi connectivity index (χ0) is 11.5. The first-order chi connectivity index (χ1) is 7.66. The van der Waals surface area contributed by atoms with Gasteiger partial charge in [0.05, 0.1) is 0 Å². The fraction of sp³-hybridized carbons (Fsp3) is 0.500. The number of hydrogen-bond donors (Lipinski definition) is 2. The molecule has 0 aromatic heterocycles. The summed E-state index contributed by atoms with van der Waals surface area (Å²) in [7, 11) is 0. The predicted octanol–water partition coefficient (Wildman–Crippen LogP) is 1.46. The molecule has 1 fully saturated rings. The molecule has 1 aromatic carbocycles. The van der Waals surface area contributed by atoms with Crippen LogP contribution in [0.25, 0.3) is 0 Å². The van der Waals surface area contributed by atoms with E-state index in [9.17, 15) is 8.78 Å². The van der Waals surface area contributed by atoms with Gasteiger partial charge in [-0.05, 0) is 25.5 Å². The Balaban J connectivity index is 1.96. The summed E-state index contributed by atoms with van der Waals surface area (Å²) in [6, 6.07) is 4.51. The van der Waals surface area contributed by atoms with Crippen LogP contribution in [0, 0.1) is 11.6 Å². The van der Waals surface area contributed by atoms with Crippen LogP contribution < -0.4 is 10.6 Å². The van der Waals surface area contributed by atoms with Crippen molar-refractivity contribution in [2.75, 3.05) is 13.1 Å². The molecule has 0 amide bonds. The van der Waals surface area contributed by atoms with Crippen molar-refractivity contribution in [2.24, 2.45) is 0 Å². The van der Waals surface area contributed by atoms with Crippen LogP contribution in [-0.4, -0.2) is 25.2 Å². The van der Waals surface area contributed by atoms with Crippen LogP contribution in [0.2, 0.25) is 0 Å². The Morgan fingerprint density at radius 2 is 2.00 bits per heavy atom. The molecule has 0 aliphatic carbocycles. The van der Waals surface area contributed by atoms with Crippen molar-refractivity contribution in [3.05, 3.63) is 35.4 Å². The number of nitrogens with one attached hydrogen (secondary N) is 2. The molecule has 2 rings (SSSR count). The Hall–Kier alpha value is -1.00. The number of rotatable bonds is 4. The van der Waals surface area contributed by atoms with Crippen molar-refractivity contribution in [1.82, 2.24) is 10.6 Å². The maximum atomic E-state index is 13.4. The Labute approximate surface area is 94.0 Å². The van der Waals surface area contributed by atoms with Crippen LogP contribution in [-0.2, 0) is 6.42 Å². The molecule has 1 aromatic rings. The Bertz CT molecular complexity index is 344. The summed E-state index contributed by atoms with van der Waals surface area (Å²) in [6.07, 6.45) is 0.384. The van der Waals surface area contributed by atoms with Gasteiger partial charge in [-0.25, -0.2) is 8.78 Å². The molecule has 0 bridgehead atoms. The highest BCUT2D eigenvalue weighted by molar-refractivity contribution is 5.20. The molecular weight excluding hydrogens is 210 g/mol. The molecule has 2 N–H and O–H groups in total. The molecule has 0 radical (unpaired) electrons. The van der Waals surface area contributed by atoms with Crippen molar-refractivity contribution in [3.8, 4) is 0 Å². The van der Waals surface area contributed by atoms with Gasteiger partial charge in [0.15, 0.2) is 0 Å². The van der Waals surface area contributed by atoms with Gasteiger partial charge in [0.1, 0.15) is 11.6 Å². The second-order valence-corrected chi connectivity index (χ2v) is 4.33. The SMILES string of the molecule is CC(Cc1c(F)cccc1F)NC1CNC1. The zero-order valence-electron chi connectivity index (χ0n) is 9.26. The van der Waals surface area contributed by atoms with Crippen LogP contribution in [0.3, 0.4) is 0 Å². The molecule has 0 spiro atoms. The van der Waals surface area contributed by atoms with E-state index < -0.39 is 11.6 Å². The van der Waals surface area contributed by atoms with E-state index in [4.69, 9.17) is 0 Å². The maximum absolute atomic E-state index is 13.4. The first-order valence-corrected chi connectivity index (χ1v) is 5.56. The highest BCUT2D eigenvalue weighted by Crippen LogP contribution is 2.14. The second kappa shape index (κ2) is 4.89. The highest BCUT2D eigenvalue weighted by Gasteiger charge is 2.20. The minimum Gasteiger partial charge on any atom is -0.314 e. The topological polar surface area (TPSA) is 24.1 Å². The third kappa shape index (κ3) is 2.57. The van der Waals surface area contributed by atoms with E-state index in [-0.39, 0.29) is 11.6 Å². The lowest BCUT2D eigenvalue weighted by Crippen LogP contribution is -2.57. The highest BCUT2D eigenvalue weighted by atomic mass is 19.1. The van der Waals surface area contributed by atoms with Gasteiger partial charge in [0.25, 0.3) is 0 Å². The van der Waals surface area contributed by atoms with Gasteiger partial charge in [0.2, 0.25) is 0 Å². The zero-order valence-corrected chi connectivity index (χ0v) is 9.26. The van der Waals surface area contributed by atoms with E-state index in [1.54, 1.807) is 0 Å². The van der Waals surface area contributed by atoms with Crippen LogP contribution in [0.1, 0.15) is 12.5 Å². The van der Waals surface area contributed by atoms with E-state index >= 15 is 0 Å². The molecule has 16 heavy (non-hydrogen) atoms. The molecule has 1 saturated heterocycles. The first kappa shape index (κ1) is 11.5. The average Bonchev–Trinajstić information content (AvgIpc) is 2.18. The van der Waals surface area contributed by atoms with E-state index in [1.807, 2.05) is 6.92 Å². The standard InChI is InChI=1S/C12H16F2N2/c1-8(16-9-6-15-7-9)5-10-11(13)3-2-4-12(10)14/h2-4,8-9,15-16H,5-7H2,1H3. The summed E-state index contributed by atoms with van der Waals surface area (Å²) < 4.78 is 26.7. The molecule has 0 saturated carbocycles. The monoisotopic (exact) mass is 226 g/mol. The smallest absolute Gasteiger partial charge is 0.129 e. The largest absolute Gasteiger partial charge is 0.314 e. The third-order valence-electron chi connectivity index (χ3n) is 2.87. The Morgan fingerprint density at radius 3 is 2.50 bits per heavy atom. The van der Waals surface area contributed by atoms with Gasteiger partial charge in [0, 0.05) is 30.7 Å². The summed E-state index contributed by atoms with van der Waals surface area (Å²) in [6.45, 7) is 3.82. The van der Waals surface area contributed by atoms with Gasteiger partial charge < -0.3 is 10.6 Å². The lowest BCUT2D eigenvalue weighted by atomic mass is 10.0. The molecule has 1 heterocycles. The van der Waals surface area contributed by atoms with Crippen LogP contribution >= 0.6 is 0 Å². The molecule has 1 aliphatic rings. The summed E-state index contributed by atoms with van der Waals surface area (Å²) >= 11 is 0. The average molecular weight is 226 g/mol. The lowest BCUT2D eigenvalue weighted by Gasteiger charge is -2.31. The van der Waals surface area contributed by atoms with Crippen LogP contribution in [0.15, 0.2) is 18.2 Å². The fourth-order valence-corrected chi connectivity index (χ4v) is 1.90. The predicted molar refractivity (Wildman–Crippen MR) is 59.3 cm³/mol.